The Labute approximate surface area is 293 Å². The molecular formula is C48H32OS. The number of furan rings is 1. The van der Waals surface area contributed by atoms with Crippen molar-refractivity contribution in [3.8, 4) is 33.4 Å². The van der Waals surface area contributed by atoms with Gasteiger partial charge in [0.05, 0.1) is 0 Å². The Balaban J connectivity index is 1.15. The standard InChI is InChI=1S/C48H32OS/c1-3-33-34(4-2)46(38-19-9-8-18-37(38)45(33)29-13-6-5-7-14-29)32-16-12-15-30(27-32)31-21-22-36-41-25-24-40-42(48(41)50-44(36)28-31)26-23-39-35-17-10-11-20-43(35)49-47(39)40/h3-28H,1-2H3/b33-3+,34-4+. The normalized spacial score (nSPS) is 12.8. The topological polar surface area (TPSA) is 13.1 Å². The molecule has 0 saturated heterocycles. The molecule has 0 fully saturated rings. The molecule has 0 atom stereocenters. The van der Waals surface area contributed by atoms with Gasteiger partial charge >= 0.3 is 0 Å². The first kappa shape index (κ1) is 29.0. The Kier molecular flexibility index (Phi) is 6.55. The minimum Gasteiger partial charge on any atom is -0.455 e. The fourth-order valence-corrected chi connectivity index (χ4v) is 9.43. The number of benzene rings is 8. The molecule has 50 heavy (non-hydrogen) atoms. The minimum atomic E-state index is 0.937. The van der Waals surface area contributed by atoms with Gasteiger partial charge in [0.25, 0.3) is 0 Å². The Bertz CT molecular complexity index is 3100. The molecular weight excluding hydrogens is 625 g/mol. The molecule has 10 aromatic rings. The van der Waals surface area contributed by atoms with Crippen LogP contribution in [-0.2, 0) is 0 Å². The Morgan fingerprint density at radius 2 is 0.960 bits per heavy atom. The molecule has 2 aromatic heterocycles. The minimum absolute atomic E-state index is 0.937. The van der Waals surface area contributed by atoms with Crippen LogP contribution in [0.15, 0.2) is 150 Å². The van der Waals surface area contributed by atoms with Crippen LogP contribution in [0.3, 0.4) is 0 Å². The number of thiophene rings is 1. The van der Waals surface area contributed by atoms with Crippen LogP contribution in [0.4, 0.5) is 0 Å². The summed E-state index contributed by atoms with van der Waals surface area (Å²) in [6.45, 7) is 4.32. The Morgan fingerprint density at radius 3 is 1.70 bits per heavy atom. The van der Waals surface area contributed by atoms with Crippen molar-refractivity contribution in [2.24, 2.45) is 0 Å². The van der Waals surface area contributed by atoms with E-state index in [1.165, 1.54) is 96.3 Å². The van der Waals surface area contributed by atoms with Gasteiger partial charge in [-0.05, 0) is 98.8 Å². The molecule has 0 amide bonds. The van der Waals surface area contributed by atoms with Gasteiger partial charge < -0.3 is 4.42 Å². The molecule has 0 radical (unpaired) electrons. The lowest BCUT2D eigenvalue weighted by molar-refractivity contribution is 0.672. The third kappa shape index (κ3) is 4.25. The maximum absolute atomic E-state index is 6.40. The van der Waals surface area contributed by atoms with Gasteiger partial charge in [0, 0.05) is 41.7 Å². The molecule has 2 heteroatoms. The molecule has 2 heterocycles. The van der Waals surface area contributed by atoms with Crippen molar-refractivity contribution in [1.82, 2.24) is 0 Å². The van der Waals surface area contributed by atoms with Gasteiger partial charge in [-0.15, -0.1) is 11.3 Å². The van der Waals surface area contributed by atoms with Gasteiger partial charge in [-0.3, -0.25) is 0 Å². The molecule has 0 unspecified atom stereocenters. The van der Waals surface area contributed by atoms with Gasteiger partial charge in [0.15, 0.2) is 0 Å². The second-order valence-corrected chi connectivity index (χ2v) is 14.1. The Morgan fingerprint density at radius 1 is 0.420 bits per heavy atom. The lowest BCUT2D eigenvalue weighted by atomic mass is 9.87. The SMILES string of the molecule is C/C=c1/c(-c2ccccc2)c2ccccc2c(-c2cccc(-c3ccc4c(c3)sc3c4ccc4c3ccc3c5ccccc5oc34)c2)/c1=C/C. The van der Waals surface area contributed by atoms with Crippen molar-refractivity contribution in [3.05, 3.63) is 156 Å². The summed E-state index contributed by atoms with van der Waals surface area (Å²) in [7, 11) is 0. The predicted molar refractivity (Wildman–Crippen MR) is 217 cm³/mol. The zero-order chi connectivity index (χ0) is 33.3. The first-order valence-electron chi connectivity index (χ1n) is 17.2. The summed E-state index contributed by atoms with van der Waals surface area (Å²) in [5.41, 5.74) is 9.40. The highest BCUT2D eigenvalue weighted by atomic mass is 32.1. The fraction of sp³-hybridized carbons (Fsp3) is 0.0417. The van der Waals surface area contributed by atoms with Crippen LogP contribution in [0.2, 0.25) is 0 Å². The summed E-state index contributed by atoms with van der Waals surface area (Å²) >= 11 is 1.88. The van der Waals surface area contributed by atoms with Crippen LogP contribution < -0.4 is 10.4 Å². The largest absolute Gasteiger partial charge is 0.455 e. The average molecular weight is 657 g/mol. The zero-order valence-electron chi connectivity index (χ0n) is 27.8. The third-order valence-electron chi connectivity index (χ3n) is 10.4. The van der Waals surface area contributed by atoms with Crippen LogP contribution in [-0.4, -0.2) is 0 Å². The van der Waals surface area contributed by atoms with Crippen molar-refractivity contribution in [1.29, 1.82) is 0 Å². The van der Waals surface area contributed by atoms with Gasteiger partial charge in [-0.25, -0.2) is 0 Å². The van der Waals surface area contributed by atoms with Crippen molar-refractivity contribution in [3.63, 3.8) is 0 Å². The fourth-order valence-electron chi connectivity index (χ4n) is 8.16. The number of fused-ring (bicyclic) bond motifs is 10. The summed E-state index contributed by atoms with van der Waals surface area (Å²) in [4.78, 5) is 0. The van der Waals surface area contributed by atoms with Crippen molar-refractivity contribution in [2.45, 2.75) is 13.8 Å². The molecule has 0 bridgehead atoms. The first-order chi connectivity index (χ1) is 24.7. The van der Waals surface area contributed by atoms with Gasteiger partial charge in [0.1, 0.15) is 11.2 Å². The number of rotatable bonds is 3. The summed E-state index contributed by atoms with van der Waals surface area (Å²) in [5, 5.41) is 12.4. The highest BCUT2D eigenvalue weighted by Crippen LogP contribution is 2.43. The van der Waals surface area contributed by atoms with Crippen molar-refractivity contribution >= 4 is 87.1 Å². The van der Waals surface area contributed by atoms with Gasteiger partial charge in [0.2, 0.25) is 0 Å². The maximum Gasteiger partial charge on any atom is 0.143 e. The second kappa shape index (κ2) is 11.3. The van der Waals surface area contributed by atoms with E-state index in [2.05, 4.69) is 166 Å². The van der Waals surface area contributed by atoms with Crippen LogP contribution in [0.25, 0.3) is 109 Å². The van der Waals surface area contributed by atoms with Crippen LogP contribution in [0, 0.1) is 0 Å². The lowest BCUT2D eigenvalue weighted by Gasteiger charge is -2.16. The second-order valence-electron chi connectivity index (χ2n) is 13.0. The van der Waals surface area contributed by atoms with E-state index in [1.54, 1.807) is 0 Å². The molecule has 0 aliphatic rings. The van der Waals surface area contributed by atoms with Crippen molar-refractivity contribution < 1.29 is 4.42 Å². The van der Waals surface area contributed by atoms with Gasteiger partial charge in [-0.2, -0.15) is 0 Å². The number of hydrogen-bond acceptors (Lipinski definition) is 2. The molecule has 0 saturated carbocycles. The van der Waals surface area contributed by atoms with E-state index in [0.29, 0.717) is 0 Å². The monoisotopic (exact) mass is 656 g/mol. The third-order valence-corrected chi connectivity index (χ3v) is 11.6. The molecule has 0 spiro atoms. The van der Waals surface area contributed by atoms with E-state index >= 15 is 0 Å². The quantitative estimate of drug-likeness (QED) is 0.184. The number of hydrogen-bond donors (Lipinski definition) is 0. The van der Waals surface area contributed by atoms with E-state index in [9.17, 15) is 0 Å². The van der Waals surface area contributed by atoms with Crippen LogP contribution in [0.1, 0.15) is 13.8 Å². The van der Waals surface area contributed by atoms with E-state index in [-0.39, 0.29) is 0 Å². The van der Waals surface area contributed by atoms with E-state index < -0.39 is 0 Å². The van der Waals surface area contributed by atoms with Crippen LogP contribution >= 0.6 is 11.3 Å². The summed E-state index contributed by atoms with van der Waals surface area (Å²) < 4.78 is 9.00. The molecule has 0 aliphatic heterocycles. The first-order valence-corrected chi connectivity index (χ1v) is 18.1. The Hall–Kier alpha value is -5.96. The highest BCUT2D eigenvalue weighted by molar-refractivity contribution is 7.26. The molecule has 10 rings (SSSR count). The van der Waals surface area contributed by atoms with Gasteiger partial charge in [-0.1, -0.05) is 127 Å². The number of para-hydroxylation sites is 1. The van der Waals surface area contributed by atoms with E-state index in [4.69, 9.17) is 4.42 Å². The molecule has 0 N–H and O–H groups in total. The summed E-state index contributed by atoms with van der Waals surface area (Å²) in [6.07, 6.45) is 4.55. The molecule has 1 nitrogen and oxygen atoms in total. The van der Waals surface area contributed by atoms with E-state index in [0.717, 1.165) is 11.2 Å². The van der Waals surface area contributed by atoms with E-state index in [1.807, 2.05) is 17.4 Å². The summed E-state index contributed by atoms with van der Waals surface area (Å²) in [5.74, 6) is 0. The summed E-state index contributed by atoms with van der Waals surface area (Å²) in [6, 6.07) is 53.1. The predicted octanol–water partition coefficient (Wildman–Crippen LogP) is 12.9. The molecule has 236 valence electrons. The lowest BCUT2D eigenvalue weighted by Crippen LogP contribution is -2.29. The highest BCUT2D eigenvalue weighted by Gasteiger charge is 2.17. The zero-order valence-corrected chi connectivity index (χ0v) is 28.6. The molecule has 0 aliphatic carbocycles. The van der Waals surface area contributed by atoms with Crippen molar-refractivity contribution in [2.75, 3.05) is 0 Å². The van der Waals surface area contributed by atoms with Crippen LogP contribution in [0.5, 0.6) is 0 Å². The smallest absolute Gasteiger partial charge is 0.143 e. The average Bonchev–Trinajstić information content (AvgIpc) is 3.75. The molecule has 8 aromatic carbocycles. The maximum atomic E-state index is 6.40.